The summed E-state index contributed by atoms with van der Waals surface area (Å²) in [5, 5.41) is 1.17. The minimum absolute atomic E-state index is 0.459. The maximum Gasteiger partial charge on any atom is 0.140 e. The molecule has 138 valence electrons. The number of nitrogens with zero attached hydrogens (tertiary/aromatic N) is 4. The van der Waals surface area contributed by atoms with Crippen molar-refractivity contribution in [2.75, 3.05) is 19.7 Å². The fraction of sp³-hybridized carbons (Fsp3) is 0.455. The van der Waals surface area contributed by atoms with Crippen molar-refractivity contribution < 1.29 is 4.74 Å². The summed E-state index contributed by atoms with van der Waals surface area (Å²) in [5.41, 5.74) is 2.19. The van der Waals surface area contributed by atoms with Crippen molar-refractivity contribution in [3.05, 3.63) is 48.9 Å². The highest BCUT2D eigenvalue weighted by atomic mass is 16.5. The van der Waals surface area contributed by atoms with E-state index in [9.17, 15) is 0 Å². The third-order valence-corrected chi connectivity index (χ3v) is 6.52. The van der Waals surface area contributed by atoms with E-state index >= 15 is 0 Å². The Kier molecular flexibility index (Phi) is 3.59. The van der Waals surface area contributed by atoms with Gasteiger partial charge in [0.2, 0.25) is 0 Å². The number of hydrogen-bond donors (Lipinski definition) is 0. The minimum Gasteiger partial charge on any atom is -0.375 e. The Bertz CT molecular complexity index is 974. The van der Waals surface area contributed by atoms with E-state index in [0.717, 1.165) is 43.4 Å². The van der Waals surface area contributed by atoms with E-state index < -0.39 is 0 Å². The molecule has 0 bridgehead atoms. The first-order chi connectivity index (χ1) is 13.4. The van der Waals surface area contributed by atoms with Gasteiger partial charge in [-0.3, -0.25) is 9.88 Å². The molecule has 27 heavy (non-hydrogen) atoms. The zero-order valence-electron chi connectivity index (χ0n) is 15.4. The lowest BCUT2D eigenvalue weighted by molar-refractivity contribution is -0.0581. The van der Waals surface area contributed by atoms with Gasteiger partial charge in [0.05, 0.1) is 18.2 Å². The molecule has 1 aromatic carbocycles. The summed E-state index contributed by atoms with van der Waals surface area (Å²) in [5.74, 6) is 1.87. The van der Waals surface area contributed by atoms with Crippen LogP contribution < -0.4 is 0 Å². The van der Waals surface area contributed by atoms with Crippen LogP contribution in [-0.2, 0) is 4.74 Å². The van der Waals surface area contributed by atoms with Gasteiger partial charge >= 0.3 is 0 Å². The number of aromatic nitrogens is 3. The lowest BCUT2D eigenvalue weighted by Gasteiger charge is -2.35. The molecular formula is C22H24N4O. The van der Waals surface area contributed by atoms with Crippen LogP contribution in [0.3, 0.4) is 0 Å². The number of hydrogen-bond acceptors (Lipinski definition) is 4. The summed E-state index contributed by atoms with van der Waals surface area (Å²) >= 11 is 0. The van der Waals surface area contributed by atoms with E-state index in [0.29, 0.717) is 18.2 Å². The normalized spacial score (nSPS) is 28.5. The molecule has 3 aromatic rings. The minimum atomic E-state index is 0.459. The van der Waals surface area contributed by atoms with Gasteiger partial charge in [-0.15, -0.1) is 0 Å². The van der Waals surface area contributed by atoms with Crippen molar-refractivity contribution in [1.82, 2.24) is 19.4 Å². The van der Waals surface area contributed by atoms with Crippen molar-refractivity contribution in [1.29, 1.82) is 0 Å². The van der Waals surface area contributed by atoms with E-state index in [1.807, 2.05) is 18.5 Å². The highest BCUT2D eigenvalue weighted by Gasteiger charge is 2.43. The van der Waals surface area contributed by atoms with Gasteiger partial charge in [0, 0.05) is 54.7 Å². The van der Waals surface area contributed by atoms with Crippen molar-refractivity contribution in [3.63, 3.8) is 0 Å². The molecule has 3 aliphatic rings. The Hall–Kier alpha value is -2.24. The van der Waals surface area contributed by atoms with Gasteiger partial charge in [-0.25, -0.2) is 4.98 Å². The Morgan fingerprint density at radius 1 is 0.963 bits per heavy atom. The fourth-order valence-electron chi connectivity index (χ4n) is 4.93. The molecule has 5 nitrogen and oxygen atoms in total. The van der Waals surface area contributed by atoms with Gasteiger partial charge in [0.1, 0.15) is 5.82 Å². The Balaban J connectivity index is 1.32. The maximum atomic E-state index is 6.18. The number of rotatable bonds is 3. The van der Waals surface area contributed by atoms with Gasteiger partial charge in [-0.2, -0.15) is 0 Å². The molecule has 1 saturated carbocycles. The number of benzene rings is 1. The van der Waals surface area contributed by atoms with Crippen molar-refractivity contribution >= 4 is 10.9 Å². The third-order valence-electron chi connectivity index (χ3n) is 6.52. The molecular weight excluding hydrogens is 336 g/mol. The van der Waals surface area contributed by atoms with Crippen LogP contribution in [0, 0.1) is 5.92 Å². The molecule has 1 aliphatic carbocycles. The van der Waals surface area contributed by atoms with Gasteiger partial charge in [0.25, 0.3) is 0 Å². The van der Waals surface area contributed by atoms with Crippen molar-refractivity contribution in [2.24, 2.45) is 5.92 Å². The molecule has 5 heteroatoms. The summed E-state index contributed by atoms with van der Waals surface area (Å²) in [6.07, 6.45) is 10.3. The molecule has 0 spiro atoms. The second-order valence-corrected chi connectivity index (χ2v) is 8.24. The zero-order valence-corrected chi connectivity index (χ0v) is 15.4. The third kappa shape index (κ3) is 2.68. The van der Waals surface area contributed by atoms with Gasteiger partial charge in [-0.05, 0) is 37.3 Å². The van der Waals surface area contributed by atoms with Crippen LogP contribution in [0.1, 0.15) is 25.3 Å². The van der Waals surface area contributed by atoms with E-state index in [1.165, 1.54) is 23.8 Å². The van der Waals surface area contributed by atoms with Crippen LogP contribution in [0.4, 0.5) is 0 Å². The molecule has 3 fully saturated rings. The number of imidazole rings is 1. The van der Waals surface area contributed by atoms with Crippen LogP contribution >= 0.6 is 0 Å². The van der Waals surface area contributed by atoms with E-state index in [1.54, 1.807) is 0 Å². The highest BCUT2D eigenvalue weighted by Crippen LogP contribution is 2.40. The summed E-state index contributed by atoms with van der Waals surface area (Å²) in [4.78, 5) is 11.9. The molecule has 0 radical (unpaired) electrons. The quantitative estimate of drug-likeness (QED) is 0.717. The predicted molar refractivity (Wildman–Crippen MR) is 104 cm³/mol. The Morgan fingerprint density at radius 2 is 1.89 bits per heavy atom. The number of pyridine rings is 1. The first-order valence-electron chi connectivity index (χ1n) is 10.1. The highest BCUT2D eigenvalue weighted by molar-refractivity contribution is 5.92. The van der Waals surface area contributed by atoms with E-state index in [2.05, 4.69) is 44.9 Å². The SMILES string of the molecule is c1ccc2c(-c3nccn3[C@H]3C[C@H]4CO[C@@H](C5CC5)CN4C3)ccnc2c1. The average Bonchev–Trinajstić information content (AvgIpc) is 3.29. The summed E-state index contributed by atoms with van der Waals surface area (Å²) in [6.45, 7) is 3.09. The monoisotopic (exact) mass is 360 g/mol. The summed E-state index contributed by atoms with van der Waals surface area (Å²) in [7, 11) is 0. The summed E-state index contributed by atoms with van der Waals surface area (Å²) < 4.78 is 8.56. The molecule has 2 aliphatic heterocycles. The molecule has 0 amide bonds. The molecule has 0 unspecified atom stereocenters. The summed E-state index contributed by atoms with van der Waals surface area (Å²) in [6, 6.07) is 11.4. The topological polar surface area (TPSA) is 43.2 Å². The smallest absolute Gasteiger partial charge is 0.140 e. The Labute approximate surface area is 159 Å². The molecule has 6 rings (SSSR count). The van der Waals surface area contributed by atoms with Crippen LogP contribution in [-0.4, -0.2) is 51.3 Å². The fourth-order valence-corrected chi connectivity index (χ4v) is 4.93. The first kappa shape index (κ1) is 15.8. The number of morpholine rings is 1. The van der Waals surface area contributed by atoms with Crippen LogP contribution in [0.15, 0.2) is 48.9 Å². The van der Waals surface area contributed by atoms with Crippen molar-refractivity contribution in [2.45, 2.75) is 37.5 Å². The number of para-hydroxylation sites is 1. The average molecular weight is 360 g/mol. The lowest BCUT2D eigenvalue weighted by atomic mass is 10.1. The van der Waals surface area contributed by atoms with Gasteiger partial charge in [0.15, 0.2) is 0 Å². The Morgan fingerprint density at radius 3 is 2.81 bits per heavy atom. The first-order valence-corrected chi connectivity index (χ1v) is 10.1. The van der Waals surface area contributed by atoms with Crippen LogP contribution in [0.5, 0.6) is 0 Å². The van der Waals surface area contributed by atoms with Crippen molar-refractivity contribution in [3.8, 4) is 11.4 Å². The second kappa shape index (κ2) is 6.14. The maximum absolute atomic E-state index is 6.18. The molecule has 2 aromatic heterocycles. The number of ether oxygens (including phenoxy) is 1. The largest absolute Gasteiger partial charge is 0.375 e. The van der Waals surface area contributed by atoms with Gasteiger partial charge < -0.3 is 9.30 Å². The molecule has 0 N–H and O–H groups in total. The lowest BCUT2D eigenvalue weighted by Crippen LogP contribution is -2.46. The van der Waals surface area contributed by atoms with E-state index in [4.69, 9.17) is 9.72 Å². The van der Waals surface area contributed by atoms with Crippen LogP contribution in [0.2, 0.25) is 0 Å². The predicted octanol–water partition coefficient (Wildman–Crippen LogP) is 3.52. The van der Waals surface area contributed by atoms with Crippen LogP contribution in [0.25, 0.3) is 22.3 Å². The molecule has 2 saturated heterocycles. The van der Waals surface area contributed by atoms with Gasteiger partial charge in [-0.1, -0.05) is 18.2 Å². The van der Waals surface area contributed by atoms with E-state index in [-0.39, 0.29) is 0 Å². The standard InChI is InChI=1S/C22H24N4O/c1-2-4-20-18(3-1)19(7-8-23-20)22-24-9-10-26(22)16-11-17-14-27-21(15-5-6-15)13-25(17)12-16/h1-4,7-10,15-17,21H,5-6,11-14H2/t16-,17-,21+/m0/s1. The molecule has 3 atom stereocenters. The molecule has 4 heterocycles. The second-order valence-electron chi connectivity index (χ2n) is 8.24. The zero-order chi connectivity index (χ0) is 17.8. The number of fused-ring (bicyclic) bond motifs is 2.